The highest BCUT2D eigenvalue weighted by Gasteiger charge is 2.14. The van der Waals surface area contributed by atoms with Gasteiger partial charge in [-0.15, -0.1) is 0 Å². The van der Waals surface area contributed by atoms with Crippen LogP contribution < -0.4 is 0 Å². The Bertz CT molecular complexity index is 549. The highest BCUT2D eigenvalue weighted by molar-refractivity contribution is 9.10. The Hall–Kier alpha value is -1.34. The van der Waals surface area contributed by atoms with Crippen LogP contribution in [-0.2, 0) is 0 Å². The van der Waals surface area contributed by atoms with Crippen LogP contribution in [0.15, 0.2) is 22.7 Å². The first-order valence-corrected chi connectivity index (χ1v) is 5.51. The van der Waals surface area contributed by atoms with Gasteiger partial charge in [0.25, 0.3) is 0 Å². The molecule has 2 aromatic rings. The van der Waals surface area contributed by atoms with E-state index in [4.69, 9.17) is 5.26 Å². The summed E-state index contributed by atoms with van der Waals surface area (Å²) in [6, 6.07) is 8.17. The van der Waals surface area contributed by atoms with E-state index >= 15 is 0 Å². The smallest absolute Gasteiger partial charge is 0.147 e. The third kappa shape index (κ3) is 1.53. The zero-order chi connectivity index (χ0) is 11.0. The van der Waals surface area contributed by atoms with Crippen molar-refractivity contribution < 1.29 is 0 Å². The third-order valence-corrected chi connectivity index (χ3v) is 2.93. The molecule has 0 radical (unpaired) electrons. The Labute approximate surface area is 96.4 Å². The molecule has 2 rings (SSSR count). The fourth-order valence-corrected chi connectivity index (χ4v) is 2.14. The maximum atomic E-state index is 9.15. The molecule has 76 valence electrons. The molecule has 0 N–H and O–H groups in total. The molecule has 1 heterocycles. The summed E-state index contributed by atoms with van der Waals surface area (Å²) in [4.78, 5) is 0. The van der Waals surface area contributed by atoms with Crippen LogP contribution in [0.4, 0.5) is 0 Å². The minimum Gasteiger partial charge on any atom is -0.251 e. The summed E-state index contributed by atoms with van der Waals surface area (Å²) in [5.74, 6) is 0. The quantitative estimate of drug-likeness (QED) is 0.793. The molecule has 0 aliphatic rings. The van der Waals surface area contributed by atoms with Gasteiger partial charge in [-0.3, -0.25) is 4.68 Å². The van der Waals surface area contributed by atoms with Gasteiger partial charge in [0.15, 0.2) is 0 Å². The predicted molar refractivity (Wildman–Crippen MR) is 62.5 cm³/mol. The summed E-state index contributed by atoms with van der Waals surface area (Å²) in [6.07, 6.45) is 0. The molecule has 0 bridgehead atoms. The molecular formula is C11H10BrN3. The summed E-state index contributed by atoms with van der Waals surface area (Å²) in [7, 11) is 0. The first-order valence-electron chi connectivity index (χ1n) is 4.72. The fraction of sp³-hybridized carbons (Fsp3) is 0.273. The first kappa shape index (κ1) is 10.2. The van der Waals surface area contributed by atoms with Gasteiger partial charge in [0.1, 0.15) is 11.8 Å². The minimum absolute atomic E-state index is 0.193. The van der Waals surface area contributed by atoms with E-state index in [1.54, 1.807) is 4.68 Å². The zero-order valence-corrected chi connectivity index (χ0v) is 10.1. The number of hydrogen-bond donors (Lipinski definition) is 0. The Morgan fingerprint density at radius 3 is 2.80 bits per heavy atom. The molecule has 0 atom stereocenters. The van der Waals surface area contributed by atoms with Crippen LogP contribution in [0, 0.1) is 11.3 Å². The first-order chi connectivity index (χ1) is 7.15. The number of halogens is 1. The number of hydrogen-bond acceptors (Lipinski definition) is 2. The van der Waals surface area contributed by atoms with E-state index in [0.29, 0.717) is 5.69 Å². The maximum Gasteiger partial charge on any atom is 0.147 e. The van der Waals surface area contributed by atoms with E-state index in [0.717, 1.165) is 15.4 Å². The normalized spacial score (nSPS) is 10.9. The van der Waals surface area contributed by atoms with E-state index in [2.05, 4.69) is 27.1 Å². The summed E-state index contributed by atoms with van der Waals surface area (Å²) >= 11 is 3.45. The monoisotopic (exact) mass is 263 g/mol. The van der Waals surface area contributed by atoms with Gasteiger partial charge in [-0.2, -0.15) is 10.4 Å². The van der Waals surface area contributed by atoms with E-state index in [1.807, 2.05) is 32.0 Å². The Morgan fingerprint density at radius 1 is 1.47 bits per heavy atom. The van der Waals surface area contributed by atoms with Crippen LogP contribution in [0.1, 0.15) is 25.6 Å². The molecule has 0 amide bonds. The molecule has 0 saturated carbocycles. The molecule has 0 saturated heterocycles. The van der Waals surface area contributed by atoms with Gasteiger partial charge in [-0.25, -0.2) is 0 Å². The number of aromatic nitrogens is 2. The molecule has 0 fully saturated rings. The standard InChI is InChI=1S/C11H10BrN3/c1-7(2)15-10(6-13)11-8(12)4-3-5-9(11)14-15/h3-5,7H,1-2H3. The van der Waals surface area contributed by atoms with Crippen molar-refractivity contribution in [3.05, 3.63) is 28.4 Å². The van der Waals surface area contributed by atoms with Crippen molar-refractivity contribution in [2.45, 2.75) is 19.9 Å². The van der Waals surface area contributed by atoms with Crippen LogP contribution in [0.5, 0.6) is 0 Å². The molecule has 0 unspecified atom stereocenters. The lowest BCUT2D eigenvalue weighted by Crippen LogP contribution is -2.04. The summed E-state index contributed by atoms with van der Waals surface area (Å²) in [5, 5.41) is 14.5. The number of nitrogens with zero attached hydrogens (tertiary/aromatic N) is 3. The van der Waals surface area contributed by atoms with Crippen molar-refractivity contribution in [2.75, 3.05) is 0 Å². The second-order valence-electron chi connectivity index (χ2n) is 3.63. The number of fused-ring (bicyclic) bond motifs is 1. The Balaban J connectivity index is 2.88. The second kappa shape index (κ2) is 3.67. The molecular weight excluding hydrogens is 254 g/mol. The molecule has 1 aromatic heterocycles. The van der Waals surface area contributed by atoms with Gasteiger partial charge in [0, 0.05) is 10.5 Å². The summed E-state index contributed by atoms with van der Waals surface area (Å²) in [6.45, 7) is 4.03. The van der Waals surface area contributed by atoms with Crippen molar-refractivity contribution in [1.29, 1.82) is 5.26 Å². The predicted octanol–water partition coefficient (Wildman–Crippen LogP) is 3.25. The van der Waals surface area contributed by atoms with Crippen LogP contribution in [0.2, 0.25) is 0 Å². The highest BCUT2D eigenvalue weighted by Crippen LogP contribution is 2.27. The van der Waals surface area contributed by atoms with Crippen LogP contribution in [-0.4, -0.2) is 9.78 Å². The lowest BCUT2D eigenvalue weighted by atomic mass is 10.2. The SMILES string of the molecule is CC(C)n1nc2cccc(Br)c2c1C#N. The minimum atomic E-state index is 0.193. The van der Waals surface area contributed by atoms with Crippen molar-refractivity contribution in [3.63, 3.8) is 0 Å². The summed E-state index contributed by atoms with van der Waals surface area (Å²) < 4.78 is 2.68. The molecule has 1 aromatic carbocycles. The van der Waals surface area contributed by atoms with Gasteiger partial charge >= 0.3 is 0 Å². The topological polar surface area (TPSA) is 41.6 Å². The van der Waals surface area contributed by atoms with Crippen LogP contribution in [0.3, 0.4) is 0 Å². The lowest BCUT2D eigenvalue weighted by Gasteiger charge is -2.05. The lowest BCUT2D eigenvalue weighted by molar-refractivity contribution is 0.532. The fourth-order valence-electron chi connectivity index (χ4n) is 1.59. The summed E-state index contributed by atoms with van der Waals surface area (Å²) in [5.41, 5.74) is 1.47. The van der Waals surface area contributed by atoms with Crippen molar-refractivity contribution in [1.82, 2.24) is 9.78 Å². The molecule has 0 aliphatic heterocycles. The third-order valence-electron chi connectivity index (χ3n) is 2.27. The van der Waals surface area contributed by atoms with Gasteiger partial charge in [-0.1, -0.05) is 6.07 Å². The highest BCUT2D eigenvalue weighted by atomic mass is 79.9. The van der Waals surface area contributed by atoms with Crippen LogP contribution >= 0.6 is 15.9 Å². The van der Waals surface area contributed by atoms with E-state index in [9.17, 15) is 0 Å². The Kier molecular flexibility index (Phi) is 2.49. The Morgan fingerprint density at radius 2 is 2.20 bits per heavy atom. The molecule has 0 spiro atoms. The zero-order valence-electron chi connectivity index (χ0n) is 8.53. The van der Waals surface area contributed by atoms with E-state index < -0.39 is 0 Å². The number of rotatable bonds is 1. The van der Waals surface area contributed by atoms with Gasteiger partial charge < -0.3 is 0 Å². The average Bonchev–Trinajstić information content (AvgIpc) is 2.57. The van der Waals surface area contributed by atoms with Crippen molar-refractivity contribution in [2.24, 2.45) is 0 Å². The van der Waals surface area contributed by atoms with Gasteiger partial charge in [-0.05, 0) is 41.9 Å². The molecule has 4 heteroatoms. The van der Waals surface area contributed by atoms with Crippen molar-refractivity contribution in [3.8, 4) is 6.07 Å². The average molecular weight is 264 g/mol. The van der Waals surface area contributed by atoms with Crippen molar-refractivity contribution >= 4 is 26.8 Å². The molecule has 3 nitrogen and oxygen atoms in total. The number of benzene rings is 1. The number of nitriles is 1. The maximum absolute atomic E-state index is 9.15. The van der Waals surface area contributed by atoms with Crippen LogP contribution in [0.25, 0.3) is 10.9 Å². The van der Waals surface area contributed by atoms with Gasteiger partial charge in [0.2, 0.25) is 0 Å². The largest absolute Gasteiger partial charge is 0.251 e. The molecule has 0 aliphatic carbocycles. The molecule has 15 heavy (non-hydrogen) atoms. The second-order valence-corrected chi connectivity index (χ2v) is 4.49. The van der Waals surface area contributed by atoms with E-state index in [1.165, 1.54) is 0 Å². The van der Waals surface area contributed by atoms with E-state index in [-0.39, 0.29) is 6.04 Å². The van der Waals surface area contributed by atoms with Gasteiger partial charge in [0.05, 0.1) is 10.9 Å².